The van der Waals surface area contributed by atoms with E-state index < -0.39 is 0 Å². The Bertz CT molecular complexity index is 3120. The van der Waals surface area contributed by atoms with Crippen LogP contribution in [0.2, 0.25) is 0 Å². The van der Waals surface area contributed by atoms with Crippen molar-refractivity contribution >= 4 is 95.6 Å². The van der Waals surface area contributed by atoms with Crippen LogP contribution < -0.4 is 0 Å². The molecule has 4 nitrogen and oxygen atoms in total. The lowest BCUT2D eigenvalue weighted by atomic mass is 10.0. The van der Waals surface area contributed by atoms with Gasteiger partial charge in [-0.25, -0.2) is 4.98 Å². The van der Waals surface area contributed by atoms with Crippen LogP contribution in [-0.2, 0) is 0 Å². The molecule has 228 valence electrons. The van der Waals surface area contributed by atoms with Gasteiger partial charge in [0.1, 0.15) is 0 Å². The van der Waals surface area contributed by atoms with Crippen molar-refractivity contribution in [3.8, 4) is 28.7 Å². The van der Waals surface area contributed by atoms with Gasteiger partial charge in [-0.05, 0) is 35.0 Å². The van der Waals surface area contributed by atoms with Crippen LogP contribution in [0.5, 0.6) is 0 Å². The van der Waals surface area contributed by atoms with Gasteiger partial charge in [0.2, 0.25) is 5.95 Å². The Morgan fingerprint density at radius 1 is 0.429 bits per heavy atom. The fourth-order valence-electron chi connectivity index (χ4n) is 7.46. The van der Waals surface area contributed by atoms with Gasteiger partial charge in [-0.3, -0.25) is 4.57 Å². The monoisotopic (exact) mass is 660 g/mol. The smallest absolute Gasteiger partial charge is 0.238 e. The van der Waals surface area contributed by atoms with Gasteiger partial charge in [0.25, 0.3) is 0 Å². The molecule has 6 heteroatoms. The van der Waals surface area contributed by atoms with Crippen molar-refractivity contribution in [2.75, 3.05) is 0 Å². The van der Waals surface area contributed by atoms with Crippen LogP contribution in [-0.4, -0.2) is 19.5 Å². The molecule has 0 unspecified atom stereocenters. The summed E-state index contributed by atoms with van der Waals surface area (Å²) in [6, 6.07) is 51.4. The van der Waals surface area contributed by atoms with E-state index in [1.807, 2.05) is 40.9 Å². The summed E-state index contributed by atoms with van der Waals surface area (Å²) >= 11 is 3.75. The van der Waals surface area contributed by atoms with Gasteiger partial charge in [-0.15, -0.1) is 22.7 Å². The zero-order valence-electron chi connectivity index (χ0n) is 26.0. The minimum atomic E-state index is 0.612. The lowest BCUT2D eigenvalue weighted by Crippen LogP contribution is -2.06. The zero-order chi connectivity index (χ0) is 32.1. The number of benzene rings is 7. The summed E-state index contributed by atoms with van der Waals surface area (Å²) in [6.07, 6.45) is 0. The average Bonchev–Trinajstić information content (AvgIpc) is 3.84. The SMILES string of the molecule is c1ccc(-c2nc(-c3ccc4ccccc4c3)nc(-n3c4ccccc4c4c5c6ccccc6sc5c5c6ccccc6sc5c43)n2)cc1. The first kappa shape index (κ1) is 27.0. The highest BCUT2D eigenvalue weighted by atomic mass is 32.1. The van der Waals surface area contributed by atoms with Crippen molar-refractivity contribution in [1.82, 2.24) is 19.5 Å². The molecule has 0 saturated heterocycles. The molecular weight excluding hydrogens is 637 g/mol. The van der Waals surface area contributed by atoms with Crippen molar-refractivity contribution in [3.05, 3.63) is 146 Å². The second kappa shape index (κ2) is 10.3. The van der Waals surface area contributed by atoms with Crippen molar-refractivity contribution in [2.24, 2.45) is 0 Å². The van der Waals surface area contributed by atoms with E-state index in [1.54, 1.807) is 0 Å². The van der Waals surface area contributed by atoms with Gasteiger partial charge < -0.3 is 0 Å². The molecule has 0 saturated carbocycles. The van der Waals surface area contributed by atoms with E-state index in [4.69, 9.17) is 15.0 Å². The van der Waals surface area contributed by atoms with E-state index in [9.17, 15) is 0 Å². The van der Waals surface area contributed by atoms with E-state index in [-0.39, 0.29) is 0 Å². The molecule has 0 fully saturated rings. The van der Waals surface area contributed by atoms with Crippen LogP contribution in [0.4, 0.5) is 0 Å². The number of thiophene rings is 2. The fourth-order valence-corrected chi connectivity index (χ4v) is 10.1. The maximum atomic E-state index is 5.32. The highest BCUT2D eigenvalue weighted by molar-refractivity contribution is 7.30. The molecule has 4 heterocycles. The first-order chi connectivity index (χ1) is 24.3. The largest absolute Gasteiger partial charge is 0.276 e. The van der Waals surface area contributed by atoms with E-state index in [0.29, 0.717) is 17.6 Å². The summed E-state index contributed by atoms with van der Waals surface area (Å²) in [7, 11) is 0. The second-order valence-corrected chi connectivity index (χ2v) is 14.5. The van der Waals surface area contributed by atoms with Crippen LogP contribution in [0, 0.1) is 0 Å². The van der Waals surface area contributed by atoms with Crippen LogP contribution in [0.25, 0.3) is 102 Å². The van der Waals surface area contributed by atoms with Gasteiger partial charge in [-0.2, -0.15) is 9.97 Å². The average molecular weight is 661 g/mol. The number of fused-ring (bicyclic) bond motifs is 13. The first-order valence-electron chi connectivity index (χ1n) is 16.3. The van der Waals surface area contributed by atoms with Crippen LogP contribution >= 0.6 is 22.7 Å². The molecule has 0 bridgehead atoms. The van der Waals surface area contributed by atoms with Gasteiger partial charge in [0.05, 0.1) is 15.7 Å². The minimum absolute atomic E-state index is 0.612. The molecule has 11 aromatic rings. The highest BCUT2D eigenvalue weighted by Crippen LogP contribution is 2.51. The number of para-hydroxylation sites is 1. The maximum Gasteiger partial charge on any atom is 0.238 e. The Kier molecular flexibility index (Phi) is 5.67. The third-order valence-electron chi connectivity index (χ3n) is 9.62. The number of aromatic nitrogens is 4. The quantitative estimate of drug-likeness (QED) is 0.189. The Labute approximate surface area is 288 Å². The van der Waals surface area contributed by atoms with E-state index in [2.05, 4.69) is 132 Å². The molecule has 0 atom stereocenters. The molecule has 0 amide bonds. The van der Waals surface area contributed by atoms with E-state index in [1.165, 1.54) is 56.5 Å². The van der Waals surface area contributed by atoms with Crippen molar-refractivity contribution in [2.45, 2.75) is 0 Å². The minimum Gasteiger partial charge on any atom is -0.276 e. The van der Waals surface area contributed by atoms with Gasteiger partial charge >= 0.3 is 0 Å². The van der Waals surface area contributed by atoms with Crippen molar-refractivity contribution in [1.29, 1.82) is 0 Å². The number of hydrogen-bond donors (Lipinski definition) is 0. The Hall–Kier alpha value is -5.95. The zero-order valence-corrected chi connectivity index (χ0v) is 27.6. The Morgan fingerprint density at radius 2 is 1.04 bits per heavy atom. The summed E-state index contributed by atoms with van der Waals surface area (Å²) in [5.74, 6) is 1.91. The first-order valence-corrected chi connectivity index (χ1v) is 17.9. The highest BCUT2D eigenvalue weighted by Gasteiger charge is 2.26. The maximum absolute atomic E-state index is 5.32. The Balaban J connectivity index is 1.34. The molecule has 49 heavy (non-hydrogen) atoms. The van der Waals surface area contributed by atoms with Gasteiger partial charge in [0, 0.05) is 57.5 Å². The van der Waals surface area contributed by atoms with E-state index in [0.717, 1.165) is 27.5 Å². The fraction of sp³-hybridized carbons (Fsp3) is 0. The molecule has 11 rings (SSSR count). The summed E-state index contributed by atoms with van der Waals surface area (Å²) in [5.41, 5.74) is 4.13. The third kappa shape index (κ3) is 3.93. The molecule has 0 N–H and O–H groups in total. The molecule has 0 spiro atoms. The lowest BCUT2D eigenvalue weighted by molar-refractivity contribution is 0.956. The summed E-state index contributed by atoms with van der Waals surface area (Å²) in [6.45, 7) is 0. The molecule has 7 aromatic carbocycles. The molecule has 4 aromatic heterocycles. The molecule has 0 radical (unpaired) electrons. The topological polar surface area (TPSA) is 43.6 Å². The third-order valence-corrected chi connectivity index (χ3v) is 12.0. The van der Waals surface area contributed by atoms with Crippen molar-refractivity contribution < 1.29 is 0 Å². The predicted molar refractivity (Wildman–Crippen MR) is 208 cm³/mol. The number of hydrogen-bond acceptors (Lipinski definition) is 5. The molecular formula is C43H24N4S2. The normalized spacial score (nSPS) is 12.1. The molecule has 0 aliphatic heterocycles. The van der Waals surface area contributed by atoms with Crippen LogP contribution in [0.3, 0.4) is 0 Å². The van der Waals surface area contributed by atoms with Crippen molar-refractivity contribution in [3.63, 3.8) is 0 Å². The summed E-state index contributed by atoms with van der Waals surface area (Å²) in [4.78, 5) is 15.7. The molecule has 0 aliphatic rings. The Morgan fingerprint density at radius 3 is 1.84 bits per heavy atom. The second-order valence-electron chi connectivity index (χ2n) is 12.4. The summed E-state index contributed by atoms with van der Waals surface area (Å²) < 4.78 is 7.45. The van der Waals surface area contributed by atoms with Crippen LogP contribution in [0.15, 0.2) is 146 Å². The van der Waals surface area contributed by atoms with Gasteiger partial charge in [-0.1, -0.05) is 121 Å². The standard InChI is InChI=1S/C43H24N4S2/c1-2-13-26(14-3-1)41-44-42(28-23-22-25-12-4-5-15-27(25)24-28)46-43(45-41)47-32-19-9-6-16-29(32)35-36-30-17-7-10-20-33(30)48-39(36)37-31-18-8-11-21-34(31)49-40(37)38(35)47/h1-24H. The van der Waals surface area contributed by atoms with Crippen LogP contribution in [0.1, 0.15) is 0 Å². The number of rotatable bonds is 3. The summed E-state index contributed by atoms with van der Waals surface area (Å²) in [5, 5.41) is 9.95. The van der Waals surface area contributed by atoms with Gasteiger partial charge in [0.15, 0.2) is 11.6 Å². The molecule has 0 aliphatic carbocycles. The lowest BCUT2D eigenvalue weighted by Gasteiger charge is -2.12. The number of nitrogens with zero attached hydrogens (tertiary/aromatic N) is 4. The van der Waals surface area contributed by atoms with E-state index >= 15 is 0 Å². The predicted octanol–water partition coefficient (Wildman–Crippen LogP) is 12.2.